The van der Waals surface area contributed by atoms with Crippen LogP contribution in [0.4, 0.5) is 0 Å². The summed E-state index contributed by atoms with van der Waals surface area (Å²) in [4.78, 5) is 0. The minimum atomic E-state index is 0. The molecule has 0 aliphatic heterocycles. The summed E-state index contributed by atoms with van der Waals surface area (Å²) in [5.74, 6) is 0. The molecule has 1 nitrogen and oxygen atoms in total. The molecule has 0 aliphatic carbocycles. The van der Waals surface area contributed by atoms with Gasteiger partial charge in [0.25, 0.3) is 0 Å². The van der Waals surface area contributed by atoms with Crippen molar-refractivity contribution in [2.24, 2.45) is 0 Å². The van der Waals surface area contributed by atoms with E-state index in [0.717, 1.165) is 0 Å². The summed E-state index contributed by atoms with van der Waals surface area (Å²) < 4.78 is 4.52. The third-order valence-electron chi connectivity index (χ3n) is 0.235. The molecule has 0 spiro atoms. The monoisotopic (exact) mass is 130 g/mol. The molecule has 0 rings (SSSR count). The van der Waals surface area contributed by atoms with E-state index >= 15 is 0 Å². The Morgan fingerprint density at radius 2 is 2.50 bits per heavy atom. The topological polar surface area (TPSA) is 9.23 Å². The second kappa shape index (κ2) is 9.73. The molecular formula is C3H7KOS. The molecule has 0 aromatic rings. The van der Waals surface area contributed by atoms with Crippen molar-refractivity contribution >= 4 is 17.8 Å². The van der Waals surface area contributed by atoms with Gasteiger partial charge in [0.2, 0.25) is 0 Å². The van der Waals surface area contributed by atoms with Gasteiger partial charge in [-0.1, -0.05) is 0 Å². The third kappa shape index (κ3) is 9.11. The average molecular weight is 130 g/mol. The summed E-state index contributed by atoms with van der Waals surface area (Å²) in [6, 6.07) is 0. The average Bonchev–Trinajstić information content (AvgIpc) is 1.41. The van der Waals surface area contributed by atoms with Gasteiger partial charge in [0.1, 0.15) is 5.55 Å². The van der Waals surface area contributed by atoms with E-state index in [1.54, 1.807) is 0 Å². The first-order chi connectivity index (χ1) is 2.41. The van der Waals surface area contributed by atoms with Crippen LogP contribution in [-0.4, -0.2) is 12.2 Å². The van der Waals surface area contributed by atoms with E-state index in [-0.39, 0.29) is 52.8 Å². The zero-order chi connectivity index (χ0) is 4.12. The van der Waals surface area contributed by atoms with Gasteiger partial charge in [-0.25, -0.2) is 0 Å². The quantitative estimate of drug-likeness (QED) is 0.319. The van der Waals surface area contributed by atoms with Crippen LogP contribution in [0.1, 0.15) is 8.35 Å². The van der Waals surface area contributed by atoms with Gasteiger partial charge < -0.3 is 6.16 Å². The molecule has 6 heavy (non-hydrogen) atoms. The summed E-state index contributed by atoms with van der Waals surface area (Å²) in [6.45, 7) is 2.58. The van der Waals surface area contributed by atoms with Crippen molar-refractivity contribution in [1.29, 1.82) is 0 Å². The van der Waals surface area contributed by atoms with E-state index in [4.69, 9.17) is 0 Å². The third-order valence-corrected chi connectivity index (χ3v) is 0.371. The summed E-state index contributed by atoms with van der Waals surface area (Å²) in [5, 5.41) is 0. The van der Waals surface area contributed by atoms with Gasteiger partial charge in [-0.05, 0) is 19.1 Å². The van der Waals surface area contributed by atoms with E-state index in [1.165, 1.54) is 5.55 Å². The largest absolute Gasteiger partial charge is 1.00 e. The summed E-state index contributed by atoms with van der Waals surface area (Å²) in [6.07, 6.45) is 0. The SMILES string of the molecule is CCOC=S.[H-].[K+]. The molecule has 0 aliphatic rings. The van der Waals surface area contributed by atoms with E-state index in [1.807, 2.05) is 6.92 Å². The summed E-state index contributed by atoms with van der Waals surface area (Å²) >= 11 is 4.30. The van der Waals surface area contributed by atoms with Gasteiger partial charge in [0.15, 0.2) is 0 Å². The standard InChI is InChI=1S/C3H6OS.K.H/c1-2-4-3-5;;/h3H,2H2,1H3;;/q;+1;-1. The number of hydrogen-bond acceptors (Lipinski definition) is 2. The fourth-order valence-corrected chi connectivity index (χ4v) is 0.204. The van der Waals surface area contributed by atoms with Crippen molar-refractivity contribution in [1.82, 2.24) is 0 Å². The first-order valence-electron chi connectivity index (χ1n) is 1.47. The van der Waals surface area contributed by atoms with Crippen molar-refractivity contribution in [3.63, 3.8) is 0 Å². The molecule has 0 N–H and O–H groups in total. The zero-order valence-corrected chi connectivity index (χ0v) is 8.04. The molecule has 0 saturated carbocycles. The van der Waals surface area contributed by atoms with Gasteiger partial charge >= 0.3 is 51.4 Å². The second-order valence-corrected chi connectivity index (χ2v) is 0.744. The van der Waals surface area contributed by atoms with Crippen LogP contribution in [0.25, 0.3) is 0 Å². The van der Waals surface area contributed by atoms with Crippen LogP contribution in [0.3, 0.4) is 0 Å². The van der Waals surface area contributed by atoms with Crippen molar-refractivity contribution < 1.29 is 57.5 Å². The molecule has 3 heteroatoms. The molecule has 0 amide bonds. The van der Waals surface area contributed by atoms with Crippen LogP contribution in [0, 0.1) is 0 Å². The molecule has 0 fully saturated rings. The van der Waals surface area contributed by atoms with Crippen LogP contribution in [0.15, 0.2) is 0 Å². The Morgan fingerprint density at radius 3 is 2.50 bits per heavy atom. The summed E-state index contributed by atoms with van der Waals surface area (Å²) in [7, 11) is 0. The Bertz CT molecular complexity index is 36.1. The van der Waals surface area contributed by atoms with Crippen LogP contribution in [0.2, 0.25) is 0 Å². The number of hydrogen-bond donors (Lipinski definition) is 0. The Morgan fingerprint density at radius 1 is 2.00 bits per heavy atom. The van der Waals surface area contributed by atoms with Crippen molar-refractivity contribution in [2.75, 3.05) is 6.61 Å². The Kier molecular flexibility index (Phi) is 17.0. The first-order valence-corrected chi connectivity index (χ1v) is 1.94. The predicted octanol–water partition coefficient (Wildman–Crippen LogP) is -1.90. The molecular weight excluding hydrogens is 123 g/mol. The maximum absolute atomic E-state index is 4.52. The van der Waals surface area contributed by atoms with Crippen LogP contribution in [-0.2, 0) is 4.74 Å². The second-order valence-electron chi connectivity index (χ2n) is 0.552. The van der Waals surface area contributed by atoms with Crippen LogP contribution < -0.4 is 51.4 Å². The van der Waals surface area contributed by atoms with Gasteiger partial charge in [-0.15, -0.1) is 0 Å². The minimum absolute atomic E-state index is 0. The smallest absolute Gasteiger partial charge is 1.00 e. The maximum atomic E-state index is 4.52. The van der Waals surface area contributed by atoms with Gasteiger partial charge in [-0.2, -0.15) is 0 Å². The van der Waals surface area contributed by atoms with Gasteiger partial charge in [0.05, 0.1) is 6.61 Å². The van der Waals surface area contributed by atoms with Crippen molar-refractivity contribution in [2.45, 2.75) is 6.92 Å². The number of thiocarbonyl (C=S) groups is 1. The fraction of sp³-hybridized carbons (Fsp3) is 0.667. The zero-order valence-electron chi connectivity index (χ0n) is 5.10. The van der Waals surface area contributed by atoms with Crippen LogP contribution >= 0.6 is 12.2 Å². The van der Waals surface area contributed by atoms with Crippen molar-refractivity contribution in [3.05, 3.63) is 0 Å². The Labute approximate surface area is 87.3 Å². The van der Waals surface area contributed by atoms with E-state index in [9.17, 15) is 0 Å². The fourth-order valence-electron chi connectivity index (χ4n) is 0.0680. The molecule has 0 atom stereocenters. The van der Waals surface area contributed by atoms with E-state index in [0.29, 0.717) is 6.61 Å². The molecule has 0 aromatic heterocycles. The molecule has 32 valence electrons. The molecule has 0 aromatic carbocycles. The minimum Gasteiger partial charge on any atom is -1.00 e. The maximum Gasteiger partial charge on any atom is 1.00 e. The summed E-state index contributed by atoms with van der Waals surface area (Å²) in [5.41, 5.74) is 1.26. The molecule has 0 radical (unpaired) electrons. The Balaban J connectivity index is -0.0000000800. The van der Waals surface area contributed by atoms with Gasteiger partial charge in [0, 0.05) is 0 Å². The van der Waals surface area contributed by atoms with E-state index in [2.05, 4.69) is 17.0 Å². The van der Waals surface area contributed by atoms with E-state index < -0.39 is 0 Å². The number of ether oxygens (including phenoxy) is 1. The van der Waals surface area contributed by atoms with Crippen LogP contribution in [0.5, 0.6) is 0 Å². The number of rotatable bonds is 2. The first kappa shape index (κ1) is 10.5. The molecule has 0 saturated heterocycles. The normalized spacial score (nSPS) is 5.50. The molecule has 0 heterocycles. The van der Waals surface area contributed by atoms with Crippen molar-refractivity contribution in [3.8, 4) is 0 Å². The Hall–Kier alpha value is 1.53. The molecule has 0 bridgehead atoms. The molecule has 0 unspecified atom stereocenters. The predicted molar refractivity (Wildman–Crippen MR) is 26.4 cm³/mol. The van der Waals surface area contributed by atoms with Gasteiger partial charge in [-0.3, -0.25) is 0 Å².